The second kappa shape index (κ2) is 14.7. The summed E-state index contributed by atoms with van der Waals surface area (Å²) < 4.78 is 5.34. The standard InChI is InChI=1S/C18H36O2S/c1-4-7-9-10-11-12-14-20-18(19)17(21)15-16(6-3)13-8-5-2/h16-17,21H,4-15H2,1-3H3. The second-order valence-corrected chi connectivity index (χ2v) is 6.73. The van der Waals surface area contributed by atoms with Gasteiger partial charge in [-0.2, -0.15) is 12.6 Å². The molecule has 0 saturated heterocycles. The molecule has 0 spiro atoms. The SMILES string of the molecule is CCCCCCCCOC(=O)C(S)CC(CC)CCCC. The van der Waals surface area contributed by atoms with Crippen molar-refractivity contribution in [1.82, 2.24) is 0 Å². The third-order valence-corrected chi connectivity index (χ3v) is 4.54. The molecule has 0 heterocycles. The third kappa shape index (κ3) is 12.1. The zero-order valence-corrected chi connectivity index (χ0v) is 15.3. The molecule has 126 valence electrons. The van der Waals surface area contributed by atoms with Crippen LogP contribution in [0.3, 0.4) is 0 Å². The fraction of sp³-hybridized carbons (Fsp3) is 0.944. The lowest BCUT2D eigenvalue weighted by Gasteiger charge is -2.18. The average molecular weight is 317 g/mol. The number of hydrogen-bond donors (Lipinski definition) is 1. The third-order valence-electron chi connectivity index (χ3n) is 4.11. The molecule has 2 atom stereocenters. The molecule has 0 aromatic rings. The van der Waals surface area contributed by atoms with E-state index in [9.17, 15) is 4.79 Å². The Labute approximate surface area is 137 Å². The van der Waals surface area contributed by atoms with E-state index in [1.807, 2.05) is 0 Å². The number of carbonyl (C=O) groups is 1. The summed E-state index contributed by atoms with van der Waals surface area (Å²) in [6.07, 6.45) is 12.9. The number of ether oxygens (including phenoxy) is 1. The van der Waals surface area contributed by atoms with Crippen molar-refractivity contribution in [2.24, 2.45) is 5.92 Å². The Morgan fingerprint density at radius 1 is 0.952 bits per heavy atom. The Hall–Kier alpha value is -0.180. The number of esters is 1. The van der Waals surface area contributed by atoms with Gasteiger partial charge in [-0.15, -0.1) is 0 Å². The van der Waals surface area contributed by atoms with Gasteiger partial charge in [-0.1, -0.05) is 78.6 Å². The number of rotatable bonds is 14. The number of carbonyl (C=O) groups excluding carboxylic acids is 1. The van der Waals surface area contributed by atoms with Gasteiger partial charge in [0.25, 0.3) is 0 Å². The van der Waals surface area contributed by atoms with E-state index in [2.05, 4.69) is 33.4 Å². The van der Waals surface area contributed by atoms with Gasteiger partial charge in [0.05, 0.1) is 11.9 Å². The Balaban J connectivity index is 3.68. The summed E-state index contributed by atoms with van der Waals surface area (Å²) in [7, 11) is 0. The van der Waals surface area contributed by atoms with E-state index in [1.54, 1.807) is 0 Å². The van der Waals surface area contributed by atoms with E-state index < -0.39 is 0 Å². The van der Waals surface area contributed by atoms with Crippen LogP contribution in [0.2, 0.25) is 0 Å². The monoisotopic (exact) mass is 316 g/mol. The Bertz CT molecular complexity index is 243. The molecule has 0 N–H and O–H groups in total. The summed E-state index contributed by atoms with van der Waals surface area (Å²) in [5.74, 6) is 0.482. The van der Waals surface area contributed by atoms with Crippen molar-refractivity contribution in [2.45, 2.75) is 96.7 Å². The highest BCUT2D eigenvalue weighted by Gasteiger charge is 2.19. The lowest BCUT2D eigenvalue weighted by Crippen LogP contribution is -2.21. The van der Waals surface area contributed by atoms with Crippen LogP contribution in [-0.2, 0) is 9.53 Å². The van der Waals surface area contributed by atoms with E-state index in [0.29, 0.717) is 12.5 Å². The predicted molar refractivity (Wildman–Crippen MR) is 95.0 cm³/mol. The van der Waals surface area contributed by atoms with Gasteiger partial charge < -0.3 is 4.74 Å². The molecule has 0 aromatic heterocycles. The lowest BCUT2D eigenvalue weighted by molar-refractivity contribution is -0.143. The molecule has 0 fully saturated rings. The van der Waals surface area contributed by atoms with Crippen molar-refractivity contribution < 1.29 is 9.53 Å². The summed E-state index contributed by atoms with van der Waals surface area (Å²) in [4.78, 5) is 11.9. The minimum Gasteiger partial charge on any atom is -0.465 e. The zero-order chi connectivity index (χ0) is 15.9. The van der Waals surface area contributed by atoms with Crippen LogP contribution in [0, 0.1) is 5.92 Å². The van der Waals surface area contributed by atoms with Gasteiger partial charge in [-0.3, -0.25) is 4.79 Å². The highest BCUT2D eigenvalue weighted by Crippen LogP contribution is 2.21. The molecular formula is C18H36O2S. The molecule has 0 amide bonds. The molecule has 0 aliphatic rings. The fourth-order valence-electron chi connectivity index (χ4n) is 2.54. The zero-order valence-electron chi connectivity index (χ0n) is 14.4. The van der Waals surface area contributed by atoms with Gasteiger partial charge >= 0.3 is 5.97 Å². The molecule has 2 nitrogen and oxygen atoms in total. The highest BCUT2D eigenvalue weighted by molar-refractivity contribution is 7.81. The van der Waals surface area contributed by atoms with Crippen molar-refractivity contribution in [3.63, 3.8) is 0 Å². The van der Waals surface area contributed by atoms with Crippen LogP contribution >= 0.6 is 12.6 Å². The topological polar surface area (TPSA) is 26.3 Å². The molecule has 0 bridgehead atoms. The molecule has 0 aliphatic heterocycles. The fourth-order valence-corrected chi connectivity index (χ4v) is 2.92. The molecule has 0 aliphatic carbocycles. The molecule has 0 rings (SSSR count). The van der Waals surface area contributed by atoms with Crippen LogP contribution in [0.4, 0.5) is 0 Å². The van der Waals surface area contributed by atoms with Gasteiger partial charge in [0, 0.05) is 0 Å². The van der Waals surface area contributed by atoms with Crippen molar-refractivity contribution in [3.05, 3.63) is 0 Å². The molecule has 0 saturated carbocycles. The first-order valence-electron chi connectivity index (χ1n) is 9.00. The smallest absolute Gasteiger partial charge is 0.318 e. The van der Waals surface area contributed by atoms with Gasteiger partial charge in [-0.25, -0.2) is 0 Å². The summed E-state index contributed by atoms with van der Waals surface area (Å²) in [5.41, 5.74) is 0. The van der Waals surface area contributed by atoms with Crippen LogP contribution in [0.1, 0.15) is 91.4 Å². The van der Waals surface area contributed by atoms with Crippen molar-refractivity contribution in [1.29, 1.82) is 0 Å². The van der Waals surface area contributed by atoms with Crippen LogP contribution in [0.5, 0.6) is 0 Å². The largest absolute Gasteiger partial charge is 0.465 e. The quantitative estimate of drug-likeness (QED) is 0.249. The molecule has 3 heteroatoms. The summed E-state index contributed by atoms with van der Waals surface area (Å²) >= 11 is 4.44. The number of thiol groups is 1. The van der Waals surface area contributed by atoms with Crippen molar-refractivity contribution in [2.75, 3.05) is 6.61 Å². The molecule has 21 heavy (non-hydrogen) atoms. The van der Waals surface area contributed by atoms with Crippen LogP contribution in [0.15, 0.2) is 0 Å². The Morgan fingerprint density at radius 2 is 1.57 bits per heavy atom. The molecule has 0 aromatic carbocycles. The highest BCUT2D eigenvalue weighted by atomic mass is 32.1. The van der Waals surface area contributed by atoms with Gasteiger partial charge in [-0.05, 0) is 18.8 Å². The molecular weight excluding hydrogens is 280 g/mol. The number of hydrogen-bond acceptors (Lipinski definition) is 3. The first-order valence-corrected chi connectivity index (χ1v) is 9.51. The minimum atomic E-state index is -0.244. The molecule has 0 radical (unpaired) electrons. The maximum atomic E-state index is 11.9. The summed E-state index contributed by atoms with van der Waals surface area (Å²) in [6.45, 7) is 7.19. The normalized spacial score (nSPS) is 13.9. The lowest BCUT2D eigenvalue weighted by atomic mass is 9.94. The average Bonchev–Trinajstić information content (AvgIpc) is 2.49. The summed E-state index contributed by atoms with van der Waals surface area (Å²) in [5, 5.41) is -0.244. The van der Waals surface area contributed by atoms with Gasteiger partial charge in [0.15, 0.2) is 0 Å². The number of unbranched alkanes of at least 4 members (excludes halogenated alkanes) is 6. The van der Waals surface area contributed by atoms with Crippen LogP contribution < -0.4 is 0 Å². The second-order valence-electron chi connectivity index (χ2n) is 6.10. The van der Waals surface area contributed by atoms with Crippen molar-refractivity contribution in [3.8, 4) is 0 Å². The maximum Gasteiger partial charge on any atom is 0.318 e. The Kier molecular flexibility index (Phi) is 14.6. The Morgan fingerprint density at radius 3 is 2.19 bits per heavy atom. The van der Waals surface area contributed by atoms with E-state index >= 15 is 0 Å². The predicted octanol–water partition coefficient (Wildman–Crippen LogP) is 5.80. The maximum absolute atomic E-state index is 11.9. The van der Waals surface area contributed by atoms with Crippen LogP contribution in [0.25, 0.3) is 0 Å². The first-order chi connectivity index (χ1) is 10.2. The van der Waals surface area contributed by atoms with Crippen LogP contribution in [-0.4, -0.2) is 17.8 Å². The summed E-state index contributed by atoms with van der Waals surface area (Å²) in [6, 6.07) is 0. The van der Waals surface area contributed by atoms with E-state index in [4.69, 9.17) is 4.74 Å². The minimum absolute atomic E-state index is 0.123. The van der Waals surface area contributed by atoms with E-state index in [0.717, 1.165) is 19.3 Å². The molecule has 2 unspecified atom stereocenters. The van der Waals surface area contributed by atoms with Gasteiger partial charge in [0.1, 0.15) is 0 Å². The van der Waals surface area contributed by atoms with E-state index in [-0.39, 0.29) is 11.2 Å². The first kappa shape index (κ1) is 20.8. The van der Waals surface area contributed by atoms with Gasteiger partial charge in [0.2, 0.25) is 0 Å². The van der Waals surface area contributed by atoms with Crippen molar-refractivity contribution >= 4 is 18.6 Å². The van der Waals surface area contributed by atoms with E-state index in [1.165, 1.54) is 51.4 Å².